The first-order valence-corrected chi connectivity index (χ1v) is 7.61. The van der Waals surface area contributed by atoms with Gasteiger partial charge in [0, 0.05) is 44.2 Å². The van der Waals surface area contributed by atoms with Crippen LogP contribution in [0.1, 0.15) is 37.8 Å². The van der Waals surface area contributed by atoms with Gasteiger partial charge in [0.1, 0.15) is 5.75 Å². The zero-order chi connectivity index (χ0) is 16.0. The van der Waals surface area contributed by atoms with Gasteiger partial charge in [-0.25, -0.2) is 0 Å². The van der Waals surface area contributed by atoms with Crippen molar-refractivity contribution < 1.29 is 23.4 Å². The zero-order valence-electron chi connectivity index (χ0n) is 12.7. The van der Waals surface area contributed by atoms with Gasteiger partial charge >= 0.3 is 6.61 Å². The molecule has 4 nitrogen and oxygen atoms in total. The molecule has 1 unspecified atom stereocenters. The number of rotatable bonds is 7. The van der Waals surface area contributed by atoms with Crippen LogP contribution in [-0.2, 0) is 4.74 Å². The standard InChI is InChI=1S/C16H23F2NO3/c1-2-13(19-11-16(20)7-9-21-10-8-16)12-5-3-4-6-14(12)22-15(17)18/h3-6,13,15,19-20H,2,7-11H2,1H3. The fraction of sp³-hybridized carbons (Fsp3) is 0.625. The van der Waals surface area contributed by atoms with Gasteiger partial charge in [-0.3, -0.25) is 0 Å². The highest BCUT2D eigenvalue weighted by Crippen LogP contribution is 2.29. The highest BCUT2D eigenvalue weighted by atomic mass is 19.3. The second-order valence-electron chi connectivity index (χ2n) is 5.59. The topological polar surface area (TPSA) is 50.7 Å². The first-order chi connectivity index (χ1) is 10.5. The van der Waals surface area contributed by atoms with Gasteiger partial charge in [-0.2, -0.15) is 8.78 Å². The van der Waals surface area contributed by atoms with Crippen LogP contribution in [-0.4, -0.2) is 37.1 Å². The van der Waals surface area contributed by atoms with Crippen LogP contribution in [0.3, 0.4) is 0 Å². The molecule has 1 saturated heterocycles. The number of nitrogens with one attached hydrogen (secondary N) is 1. The molecule has 6 heteroatoms. The second kappa shape index (κ2) is 7.85. The molecule has 0 saturated carbocycles. The Labute approximate surface area is 129 Å². The van der Waals surface area contributed by atoms with Crippen molar-refractivity contribution in [3.8, 4) is 5.75 Å². The van der Waals surface area contributed by atoms with Gasteiger partial charge in [0.15, 0.2) is 0 Å². The van der Waals surface area contributed by atoms with Crippen LogP contribution in [0.4, 0.5) is 8.78 Å². The summed E-state index contributed by atoms with van der Waals surface area (Å²) >= 11 is 0. The summed E-state index contributed by atoms with van der Waals surface area (Å²) in [6, 6.07) is 6.62. The van der Waals surface area contributed by atoms with E-state index in [-0.39, 0.29) is 11.8 Å². The largest absolute Gasteiger partial charge is 0.434 e. The lowest BCUT2D eigenvalue weighted by molar-refractivity contribution is -0.0635. The smallest absolute Gasteiger partial charge is 0.387 e. The number of alkyl halides is 2. The minimum atomic E-state index is -2.85. The van der Waals surface area contributed by atoms with Crippen molar-refractivity contribution in [3.05, 3.63) is 29.8 Å². The van der Waals surface area contributed by atoms with Crippen LogP contribution >= 0.6 is 0 Å². The van der Waals surface area contributed by atoms with Crippen molar-refractivity contribution in [2.24, 2.45) is 0 Å². The number of hydrogen-bond acceptors (Lipinski definition) is 4. The number of para-hydroxylation sites is 1. The van der Waals surface area contributed by atoms with Crippen LogP contribution < -0.4 is 10.1 Å². The van der Waals surface area contributed by atoms with E-state index in [0.29, 0.717) is 44.6 Å². The average molecular weight is 315 g/mol. The van der Waals surface area contributed by atoms with Crippen LogP contribution in [0.5, 0.6) is 5.75 Å². The molecular formula is C16H23F2NO3. The van der Waals surface area contributed by atoms with Crippen molar-refractivity contribution in [1.29, 1.82) is 0 Å². The summed E-state index contributed by atoms with van der Waals surface area (Å²) in [5.74, 6) is 0.177. The molecule has 22 heavy (non-hydrogen) atoms. The Morgan fingerprint density at radius 1 is 1.32 bits per heavy atom. The molecule has 0 amide bonds. The number of benzene rings is 1. The minimum absolute atomic E-state index is 0.151. The molecule has 1 heterocycles. The lowest BCUT2D eigenvalue weighted by Gasteiger charge is -2.34. The lowest BCUT2D eigenvalue weighted by atomic mass is 9.93. The normalized spacial score (nSPS) is 19.1. The van der Waals surface area contributed by atoms with Crippen molar-refractivity contribution in [2.45, 2.75) is 44.4 Å². The SMILES string of the molecule is CCC(NCC1(O)CCOCC1)c1ccccc1OC(F)F. The molecule has 2 rings (SSSR count). The first-order valence-electron chi connectivity index (χ1n) is 7.61. The van der Waals surface area contributed by atoms with E-state index in [1.165, 1.54) is 6.07 Å². The molecule has 1 aromatic rings. The number of ether oxygens (including phenoxy) is 2. The molecule has 1 fully saturated rings. The predicted molar refractivity (Wildman–Crippen MR) is 79.1 cm³/mol. The Morgan fingerprint density at radius 2 is 2.00 bits per heavy atom. The number of halogens is 2. The van der Waals surface area contributed by atoms with E-state index in [4.69, 9.17) is 4.74 Å². The number of hydrogen-bond donors (Lipinski definition) is 2. The quantitative estimate of drug-likeness (QED) is 0.812. The predicted octanol–water partition coefficient (Wildman–Crippen LogP) is 2.87. The minimum Gasteiger partial charge on any atom is -0.434 e. The van der Waals surface area contributed by atoms with Gasteiger partial charge in [-0.15, -0.1) is 0 Å². The molecule has 1 atom stereocenters. The summed E-state index contributed by atoms with van der Waals surface area (Å²) in [6.07, 6.45) is 1.85. The Hall–Kier alpha value is -1.24. The van der Waals surface area contributed by atoms with E-state index in [1.54, 1.807) is 18.2 Å². The van der Waals surface area contributed by atoms with Gasteiger partial charge in [-0.05, 0) is 12.5 Å². The molecular weight excluding hydrogens is 292 g/mol. The van der Waals surface area contributed by atoms with Gasteiger partial charge in [0.05, 0.1) is 5.60 Å². The Bertz CT molecular complexity index is 464. The van der Waals surface area contributed by atoms with Crippen LogP contribution in [0.25, 0.3) is 0 Å². The van der Waals surface area contributed by atoms with Gasteiger partial charge in [-0.1, -0.05) is 25.1 Å². The van der Waals surface area contributed by atoms with Gasteiger partial charge in [0.25, 0.3) is 0 Å². The maximum absolute atomic E-state index is 12.5. The van der Waals surface area contributed by atoms with Crippen LogP contribution in [0, 0.1) is 0 Å². The molecule has 1 aromatic carbocycles. The summed E-state index contributed by atoms with van der Waals surface area (Å²) in [5, 5.41) is 13.8. The molecule has 1 aliphatic rings. The third-order valence-electron chi connectivity index (χ3n) is 4.02. The fourth-order valence-corrected chi connectivity index (χ4v) is 2.69. The third kappa shape index (κ3) is 4.63. The van der Waals surface area contributed by atoms with Crippen LogP contribution in [0.2, 0.25) is 0 Å². The Kier molecular flexibility index (Phi) is 6.11. The molecule has 1 aliphatic heterocycles. The van der Waals surface area contributed by atoms with E-state index in [9.17, 15) is 13.9 Å². The Morgan fingerprint density at radius 3 is 2.64 bits per heavy atom. The molecule has 0 spiro atoms. The van der Waals surface area contributed by atoms with Crippen LogP contribution in [0.15, 0.2) is 24.3 Å². The van der Waals surface area contributed by atoms with E-state index < -0.39 is 12.2 Å². The maximum atomic E-state index is 12.5. The average Bonchev–Trinajstić information content (AvgIpc) is 2.49. The third-order valence-corrected chi connectivity index (χ3v) is 4.02. The maximum Gasteiger partial charge on any atom is 0.387 e. The van der Waals surface area contributed by atoms with Gasteiger partial charge < -0.3 is 19.9 Å². The molecule has 2 N–H and O–H groups in total. The van der Waals surface area contributed by atoms with E-state index in [1.807, 2.05) is 6.92 Å². The van der Waals surface area contributed by atoms with E-state index >= 15 is 0 Å². The monoisotopic (exact) mass is 315 g/mol. The van der Waals surface area contributed by atoms with Crippen molar-refractivity contribution in [2.75, 3.05) is 19.8 Å². The zero-order valence-corrected chi connectivity index (χ0v) is 12.7. The summed E-state index contributed by atoms with van der Waals surface area (Å²) < 4.78 is 34.9. The first kappa shape index (κ1) is 17.1. The summed E-state index contributed by atoms with van der Waals surface area (Å²) in [5.41, 5.74) is -0.120. The highest BCUT2D eigenvalue weighted by Gasteiger charge is 2.30. The molecule has 0 bridgehead atoms. The lowest BCUT2D eigenvalue weighted by Crippen LogP contribution is -2.45. The van der Waals surface area contributed by atoms with Crippen molar-refractivity contribution >= 4 is 0 Å². The van der Waals surface area contributed by atoms with Crippen molar-refractivity contribution in [3.63, 3.8) is 0 Å². The molecule has 0 aromatic heterocycles. The Balaban J connectivity index is 2.05. The second-order valence-corrected chi connectivity index (χ2v) is 5.59. The number of aliphatic hydroxyl groups is 1. The van der Waals surface area contributed by atoms with E-state index in [2.05, 4.69) is 10.1 Å². The molecule has 0 aliphatic carbocycles. The highest BCUT2D eigenvalue weighted by molar-refractivity contribution is 5.36. The van der Waals surface area contributed by atoms with Crippen molar-refractivity contribution in [1.82, 2.24) is 5.32 Å². The van der Waals surface area contributed by atoms with E-state index in [0.717, 1.165) is 0 Å². The summed E-state index contributed by atoms with van der Waals surface area (Å²) in [4.78, 5) is 0. The molecule has 0 radical (unpaired) electrons. The summed E-state index contributed by atoms with van der Waals surface area (Å²) in [6.45, 7) is 0.598. The molecule has 124 valence electrons. The van der Waals surface area contributed by atoms with Gasteiger partial charge in [0.2, 0.25) is 0 Å². The summed E-state index contributed by atoms with van der Waals surface area (Å²) in [7, 11) is 0. The fourth-order valence-electron chi connectivity index (χ4n) is 2.69.